The minimum atomic E-state index is -2.30. The first kappa shape index (κ1) is 20.3. The van der Waals surface area contributed by atoms with Gasteiger partial charge in [-0.3, -0.25) is 0 Å². The molecule has 3 nitrogen and oxygen atoms in total. The molecule has 1 unspecified atom stereocenters. The van der Waals surface area contributed by atoms with E-state index in [2.05, 4.69) is 4.74 Å². The Kier molecular flexibility index (Phi) is 6.30. The van der Waals surface area contributed by atoms with Crippen LogP contribution in [0.4, 0.5) is 22.0 Å². The molecule has 2 aromatic carbocycles. The average Bonchev–Trinajstić information content (AvgIpc) is 2.60. The number of ether oxygens (including phenoxy) is 2. The van der Waals surface area contributed by atoms with Crippen molar-refractivity contribution in [2.75, 3.05) is 0 Å². The molecular formula is C16H9Cl2F5O3. The van der Waals surface area contributed by atoms with E-state index in [1.54, 1.807) is 0 Å². The summed E-state index contributed by atoms with van der Waals surface area (Å²) in [4.78, 5) is 11.8. The molecule has 0 aromatic heterocycles. The van der Waals surface area contributed by atoms with Crippen LogP contribution in [0.1, 0.15) is 12.5 Å². The van der Waals surface area contributed by atoms with Gasteiger partial charge in [0.1, 0.15) is 12.4 Å². The van der Waals surface area contributed by atoms with Crippen molar-refractivity contribution in [3.8, 4) is 5.75 Å². The normalized spacial score (nSPS) is 12.0. The maximum absolute atomic E-state index is 13.5. The third-order valence-electron chi connectivity index (χ3n) is 3.19. The number of hydrogen-bond donors (Lipinski definition) is 0. The smallest absolute Gasteiger partial charge is 0.347 e. The lowest BCUT2D eigenvalue weighted by Gasteiger charge is -2.15. The van der Waals surface area contributed by atoms with Crippen molar-refractivity contribution in [2.45, 2.75) is 19.6 Å². The summed E-state index contributed by atoms with van der Waals surface area (Å²) in [5, 5.41) is 0.417. The number of hydrogen-bond acceptors (Lipinski definition) is 3. The molecule has 0 heterocycles. The van der Waals surface area contributed by atoms with Crippen LogP contribution in [0.5, 0.6) is 5.75 Å². The predicted molar refractivity (Wildman–Crippen MR) is 82.6 cm³/mol. The van der Waals surface area contributed by atoms with Crippen molar-refractivity contribution in [2.24, 2.45) is 0 Å². The van der Waals surface area contributed by atoms with E-state index in [1.807, 2.05) is 0 Å². The Hall–Kier alpha value is -2.06. The zero-order valence-corrected chi connectivity index (χ0v) is 14.4. The fourth-order valence-electron chi connectivity index (χ4n) is 1.85. The summed E-state index contributed by atoms with van der Waals surface area (Å²) in [6.45, 7) is 0.0679. The molecule has 140 valence electrons. The second-order valence-electron chi connectivity index (χ2n) is 4.99. The highest BCUT2D eigenvalue weighted by Gasteiger charge is 2.27. The molecule has 0 saturated carbocycles. The van der Waals surface area contributed by atoms with E-state index in [0.29, 0.717) is 5.02 Å². The molecule has 0 spiro atoms. The minimum Gasteiger partial charge on any atom is -0.477 e. The lowest BCUT2D eigenvalue weighted by molar-refractivity contribution is -0.152. The van der Waals surface area contributed by atoms with E-state index in [-0.39, 0.29) is 10.8 Å². The number of carbonyl (C=O) groups excluding carboxylic acids is 1. The summed E-state index contributed by atoms with van der Waals surface area (Å²) in [6.07, 6.45) is -1.28. The maximum atomic E-state index is 13.5. The Labute approximate surface area is 154 Å². The van der Waals surface area contributed by atoms with E-state index in [0.717, 1.165) is 0 Å². The summed E-state index contributed by atoms with van der Waals surface area (Å²) in [5.74, 6) is -11.8. The number of rotatable bonds is 5. The Morgan fingerprint density at radius 3 is 2.08 bits per heavy atom. The van der Waals surface area contributed by atoms with Gasteiger partial charge < -0.3 is 9.47 Å². The lowest BCUT2D eigenvalue weighted by Crippen LogP contribution is -2.26. The maximum Gasteiger partial charge on any atom is 0.347 e. The van der Waals surface area contributed by atoms with Crippen molar-refractivity contribution >= 4 is 29.2 Å². The van der Waals surface area contributed by atoms with Gasteiger partial charge in [0.05, 0.1) is 10.6 Å². The lowest BCUT2D eigenvalue weighted by atomic mass is 10.2. The molecule has 10 heteroatoms. The average molecular weight is 415 g/mol. The van der Waals surface area contributed by atoms with Crippen LogP contribution in [0, 0.1) is 29.1 Å². The summed E-state index contributed by atoms with van der Waals surface area (Å²) in [7, 11) is 0. The molecule has 0 N–H and O–H groups in total. The zero-order valence-electron chi connectivity index (χ0n) is 12.9. The first-order valence-corrected chi connectivity index (χ1v) is 7.67. The Morgan fingerprint density at radius 2 is 1.54 bits per heavy atom. The number of halogens is 7. The standard InChI is InChI=1S/C16H9Cl2F5O3/c1-6(26-10-3-2-7(17)4-9(10)18)16(24)25-5-8-11(19)13(21)15(23)14(22)12(8)20/h2-4,6H,5H2,1H3. The molecule has 2 rings (SSSR count). The monoisotopic (exact) mass is 414 g/mol. The van der Waals surface area contributed by atoms with Gasteiger partial charge >= 0.3 is 5.97 Å². The van der Waals surface area contributed by atoms with Crippen molar-refractivity contribution in [1.29, 1.82) is 0 Å². The minimum absolute atomic E-state index is 0.0803. The molecule has 0 saturated heterocycles. The quantitative estimate of drug-likeness (QED) is 0.292. The van der Waals surface area contributed by atoms with Crippen LogP contribution in [0.15, 0.2) is 18.2 Å². The van der Waals surface area contributed by atoms with Gasteiger partial charge in [-0.1, -0.05) is 23.2 Å². The van der Waals surface area contributed by atoms with E-state index in [4.69, 9.17) is 27.9 Å². The summed E-state index contributed by atoms with van der Waals surface area (Å²) >= 11 is 11.6. The Morgan fingerprint density at radius 1 is 1.00 bits per heavy atom. The fourth-order valence-corrected chi connectivity index (χ4v) is 2.30. The first-order valence-electron chi connectivity index (χ1n) is 6.92. The molecule has 0 bridgehead atoms. The van der Waals surface area contributed by atoms with Crippen LogP contribution < -0.4 is 4.74 Å². The van der Waals surface area contributed by atoms with Crippen molar-refractivity contribution in [3.63, 3.8) is 0 Å². The molecule has 0 aliphatic rings. The molecule has 1 atom stereocenters. The second kappa shape index (κ2) is 8.09. The van der Waals surface area contributed by atoms with Crippen LogP contribution in [0.3, 0.4) is 0 Å². The Balaban J connectivity index is 2.09. The summed E-state index contributed by atoms with van der Waals surface area (Å²) < 4.78 is 76.0. The van der Waals surface area contributed by atoms with Crippen LogP contribution in [-0.2, 0) is 16.1 Å². The van der Waals surface area contributed by atoms with Crippen LogP contribution in [-0.4, -0.2) is 12.1 Å². The summed E-state index contributed by atoms with van der Waals surface area (Å²) in [6, 6.07) is 4.17. The first-order chi connectivity index (χ1) is 12.1. The number of esters is 1. The van der Waals surface area contributed by atoms with Gasteiger partial charge in [0.25, 0.3) is 0 Å². The molecule has 0 radical (unpaired) electrons. The topological polar surface area (TPSA) is 35.5 Å². The van der Waals surface area contributed by atoms with Crippen LogP contribution in [0.25, 0.3) is 0 Å². The SMILES string of the molecule is CC(Oc1ccc(Cl)cc1Cl)C(=O)OCc1c(F)c(F)c(F)c(F)c1F. The summed E-state index contributed by atoms with van der Waals surface area (Å²) in [5.41, 5.74) is -1.27. The second-order valence-corrected chi connectivity index (χ2v) is 5.83. The highest BCUT2D eigenvalue weighted by molar-refractivity contribution is 6.35. The molecule has 0 fully saturated rings. The van der Waals surface area contributed by atoms with E-state index in [9.17, 15) is 26.7 Å². The third-order valence-corrected chi connectivity index (χ3v) is 3.72. The van der Waals surface area contributed by atoms with E-state index >= 15 is 0 Å². The van der Waals surface area contributed by atoms with Crippen LogP contribution >= 0.6 is 23.2 Å². The van der Waals surface area contributed by atoms with Gasteiger partial charge in [-0.2, -0.15) is 0 Å². The van der Waals surface area contributed by atoms with Crippen molar-refractivity contribution in [3.05, 3.63) is 62.9 Å². The van der Waals surface area contributed by atoms with E-state index < -0.39 is 53.3 Å². The van der Waals surface area contributed by atoms with E-state index in [1.165, 1.54) is 25.1 Å². The molecule has 0 aliphatic carbocycles. The molecule has 2 aromatic rings. The highest BCUT2D eigenvalue weighted by atomic mass is 35.5. The van der Waals surface area contributed by atoms with Gasteiger partial charge in [0.15, 0.2) is 29.4 Å². The van der Waals surface area contributed by atoms with Gasteiger partial charge in [0, 0.05) is 5.02 Å². The number of carbonyl (C=O) groups is 1. The van der Waals surface area contributed by atoms with Crippen molar-refractivity contribution in [1.82, 2.24) is 0 Å². The van der Waals surface area contributed by atoms with Gasteiger partial charge in [-0.25, -0.2) is 26.7 Å². The van der Waals surface area contributed by atoms with Gasteiger partial charge in [0.2, 0.25) is 5.82 Å². The van der Waals surface area contributed by atoms with Gasteiger partial charge in [-0.05, 0) is 25.1 Å². The predicted octanol–water partition coefficient (Wildman–Crippen LogP) is 5.20. The third kappa shape index (κ3) is 4.19. The number of benzene rings is 2. The molecule has 0 amide bonds. The largest absolute Gasteiger partial charge is 0.477 e. The molecule has 26 heavy (non-hydrogen) atoms. The highest BCUT2D eigenvalue weighted by Crippen LogP contribution is 2.28. The van der Waals surface area contributed by atoms with Crippen molar-refractivity contribution < 1.29 is 36.2 Å². The molecular weight excluding hydrogens is 406 g/mol. The fraction of sp³-hybridized carbons (Fsp3) is 0.188. The Bertz CT molecular complexity index is 831. The van der Waals surface area contributed by atoms with Gasteiger partial charge in [-0.15, -0.1) is 0 Å². The van der Waals surface area contributed by atoms with Crippen LogP contribution in [0.2, 0.25) is 10.0 Å². The zero-order chi connectivity index (χ0) is 19.6. The molecule has 0 aliphatic heterocycles.